The number of rotatable bonds is 9. The minimum Gasteiger partial charge on any atom is -0.489 e. The highest BCUT2D eigenvalue weighted by atomic mass is 35.5. The molecule has 0 saturated carbocycles. The Bertz CT molecular complexity index is 1330. The Morgan fingerprint density at radius 2 is 1.84 bits per heavy atom. The number of benzene rings is 2. The molecule has 0 saturated heterocycles. The zero-order chi connectivity index (χ0) is 27.1. The SMILES string of the molecule is COC(=O)c1c(NC(=O)COC(=O)C=Cc2ccc(OCc3ccc(Cl)cc3)cc2)sc2c1CCC(C)C2. The Morgan fingerprint density at radius 1 is 1.11 bits per heavy atom. The van der Waals surface area contributed by atoms with E-state index in [9.17, 15) is 14.4 Å². The van der Waals surface area contributed by atoms with Crippen LogP contribution in [-0.2, 0) is 38.5 Å². The van der Waals surface area contributed by atoms with Crippen LogP contribution in [0.2, 0.25) is 5.02 Å². The van der Waals surface area contributed by atoms with Crippen molar-refractivity contribution in [3.63, 3.8) is 0 Å². The van der Waals surface area contributed by atoms with Crippen molar-refractivity contribution in [3.05, 3.63) is 86.8 Å². The van der Waals surface area contributed by atoms with E-state index in [4.69, 9.17) is 25.8 Å². The lowest BCUT2D eigenvalue weighted by molar-refractivity contribution is -0.142. The summed E-state index contributed by atoms with van der Waals surface area (Å²) in [7, 11) is 1.32. The van der Waals surface area contributed by atoms with Crippen LogP contribution in [0.15, 0.2) is 54.6 Å². The summed E-state index contributed by atoms with van der Waals surface area (Å²) in [5, 5.41) is 3.83. The number of hydrogen-bond donors (Lipinski definition) is 1. The fraction of sp³-hybridized carbons (Fsp3) is 0.276. The monoisotopic (exact) mass is 553 g/mol. The summed E-state index contributed by atoms with van der Waals surface area (Å²) in [6.07, 6.45) is 5.44. The maximum atomic E-state index is 12.5. The molecule has 1 aromatic heterocycles. The van der Waals surface area contributed by atoms with Gasteiger partial charge in [-0.25, -0.2) is 9.59 Å². The molecule has 7 nitrogen and oxygen atoms in total. The van der Waals surface area contributed by atoms with E-state index in [1.54, 1.807) is 30.3 Å². The average Bonchev–Trinajstić information content (AvgIpc) is 3.27. The number of ether oxygens (including phenoxy) is 3. The smallest absolute Gasteiger partial charge is 0.341 e. The van der Waals surface area contributed by atoms with Crippen LogP contribution in [0.5, 0.6) is 5.75 Å². The van der Waals surface area contributed by atoms with E-state index in [-0.39, 0.29) is 0 Å². The first-order chi connectivity index (χ1) is 18.3. The second kappa shape index (κ2) is 12.8. The predicted molar refractivity (Wildman–Crippen MR) is 148 cm³/mol. The van der Waals surface area contributed by atoms with Crippen LogP contribution in [0.1, 0.15) is 45.3 Å². The summed E-state index contributed by atoms with van der Waals surface area (Å²) in [6.45, 7) is 2.10. The van der Waals surface area contributed by atoms with Crippen molar-refractivity contribution in [3.8, 4) is 5.75 Å². The number of thiophene rings is 1. The molecule has 1 N–H and O–H groups in total. The maximum absolute atomic E-state index is 12.5. The molecule has 4 rings (SSSR count). The van der Waals surface area contributed by atoms with Crippen molar-refractivity contribution in [2.75, 3.05) is 19.0 Å². The second-order valence-corrected chi connectivity index (χ2v) is 10.6. The van der Waals surface area contributed by atoms with Gasteiger partial charge in [0.2, 0.25) is 0 Å². The minimum absolute atomic E-state index is 0.402. The Labute approximate surface area is 230 Å². The first-order valence-electron chi connectivity index (χ1n) is 12.2. The van der Waals surface area contributed by atoms with E-state index in [0.717, 1.165) is 40.8 Å². The van der Waals surface area contributed by atoms with Gasteiger partial charge in [-0.1, -0.05) is 42.8 Å². The molecule has 198 valence electrons. The largest absolute Gasteiger partial charge is 0.489 e. The minimum atomic E-state index is -0.657. The van der Waals surface area contributed by atoms with Crippen molar-refractivity contribution in [1.29, 1.82) is 0 Å². The number of nitrogens with one attached hydrogen (secondary N) is 1. The molecule has 3 aromatic rings. The molecular formula is C29H28ClNO6S. The number of fused-ring (bicyclic) bond motifs is 1. The average molecular weight is 554 g/mol. The number of anilines is 1. The van der Waals surface area contributed by atoms with E-state index >= 15 is 0 Å². The molecule has 0 fully saturated rings. The van der Waals surface area contributed by atoms with Crippen LogP contribution in [0, 0.1) is 5.92 Å². The maximum Gasteiger partial charge on any atom is 0.341 e. The Morgan fingerprint density at radius 3 is 2.55 bits per heavy atom. The Kier molecular flexibility index (Phi) is 9.20. The van der Waals surface area contributed by atoms with Gasteiger partial charge in [-0.05, 0) is 72.2 Å². The van der Waals surface area contributed by atoms with Gasteiger partial charge >= 0.3 is 11.9 Å². The van der Waals surface area contributed by atoms with E-state index in [2.05, 4.69) is 12.2 Å². The highest BCUT2D eigenvalue weighted by Gasteiger charge is 2.29. The van der Waals surface area contributed by atoms with Gasteiger partial charge in [-0.3, -0.25) is 4.79 Å². The zero-order valence-electron chi connectivity index (χ0n) is 21.1. The van der Waals surface area contributed by atoms with Gasteiger partial charge < -0.3 is 19.5 Å². The van der Waals surface area contributed by atoms with Crippen molar-refractivity contribution >= 4 is 51.9 Å². The van der Waals surface area contributed by atoms with E-state index in [0.29, 0.717) is 33.9 Å². The Hall–Kier alpha value is -3.62. The summed E-state index contributed by atoms with van der Waals surface area (Å²) in [5.74, 6) is -0.455. The van der Waals surface area contributed by atoms with E-state index in [1.807, 2.05) is 24.3 Å². The molecule has 1 heterocycles. The van der Waals surface area contributed by atoms with Crippen LogP contribution >= 0.6 is 22.9 Å². The van der Waals surface area contributed by atoms with Crippen molar-refractivity contribution in [1.82, 2.24) is 0 Å². The van der Waals surface area contributed by atoms with Crippen LogP contribution in [0.4, 0.5) is 5.00 Å². The number of carbonyl (C=O) groups is 3. The van der Waals surface area contributed by atoms with Gasteiger partial charge in [0.05, 0.1) is 12.7 Å². The highest BCUT2D eigenvalue weighted by Crippen LogP contribution is 2.40. The third kappa shape index (κ3) is 7.24. The molecule has 38 heavy (non-hydrogen) atoms. The summed E-state index contributed by atoms with van der Waals surface area (Å²) in [5.41, 5.74) is 3.11. The van der Waals surface area contributed by atoms with Crippen molar-refractivity contribution < 1.29 is 28.6 Å². The predicted octanol–water partition coefficient (Wildman–Crippen LogP) is 6.09. The van der Waals surface area contributed by atoms with Crippen molar-refractivity contribution in [2.45, 2.75) is 32.8 Å². The number of hydrogen-bond acceptors (Lipinski definition) is 7. The Balaban J connectivity index is 1.27. The van der Waals surface area contributed by atoms with E-state index in [1.165, 1.54) is 24.5 Å². The lowest BCUT2D eigenvalue weighted by Crippen LogP contribution is -2.21. The standard InChI is InChI=1S/C29H28ClNO6S/c1-18-3-13-23-24(15-18)38-28(27(23)29(34)35-2)31-25(32)17-37-26(33)14-8-19-6-11-22(12-7-19)36-16-20-4-9-21(30)10-5-20/h4-12,14,18H,3,13,15-17H2,1-2H3,(H,31,32). The lowest BCUT2D eigenvalue weighted by atomic mass is 9.88. The summed E-state index contributed by atoms with van der Waals surface area (Å²) in [6, 6.07) is 14.6. The molecular weight excluding hydrogens is 526 g/mol. The molecule has 1 amide bonds. The molecule has 1 aliphatic rings. The fourth-order valence-electron chi connectivity index (χ4n) is 4.09. The molecule has 9 heteroatoms. The molecule has 1 aliphatic carbocycles. The van der Waals surface area contributed by atoms with Crippen LogP contribution < -0.4 is 10.1 Å². The highest BCUT2D eigenvalue weighted by molar-refractivity contribution is 7.17. The van der Waals surface area contributed by atoms with Gasteiger partial charge in [-0.15, -0.1) is 11.3 Å². The van der Waals surface area contributed by atoms with Crippen LogP contribution in [0.25, 0.3) is 6.08 Å². The quantitative estimate of drug-likeness (QED) is 0.255. The third-order valence-corrected chi connectivity index (χ3v) is 7.53. The third-order valence-electron chi connectivity index (χ3n) is 6.11. The molecule has 1 atom stereocenters. The number of methoxy groups -OCH3 is 1. The first-order valence-corrected chi connectivity index (χ1v) is 13.4. The van der Waals surface area contributed by atoms with Crippen LogP contribution in [0.3, 0.4) is 0 Å². The number of carbonyl (C=O) groups excluding carboxylic acids is 3. The molecule has 0 aliphatic heterocycles. The molecule has 1 unspecified atom stereocenters. The van der Waals surface area contributed by atoms with Gasteiger partial charge in [0.15, 0.2) is 6.61 Å². The van der Waals surface area contributed by atoms with Gasteiger partial charge in [0.25, 0.3) is 5.91 Å². The molecule has 0 spiro atoms. The molecule has 0 bridgehead atoms. The number of esters is 2. The topological polar surface area (TPSA) is 90.9 Å². The summed E-state index contributed by atoms with van der Waals surface area (Å²) in [4.78, 5) is 38.1. The van der Waals surface area contributed by atoms with Crippen molar-refractivity contribution in [2.24, 2.45) is 5.92 Å². The zero-order valence-corrected chi connectivity index (χ0v) is 22.7. The number of halogens is 1. The lowest BCUT2D eigenvalue weighted by Gasteiger charge is -2.18. The van der Waals surface area contributed by atoms with Gasteiger partial charge in [-0.2, -0.15) is 0 Å². The molecule has 2 aromatic carbocycles. The van der Waals surface area contributed by atoms with E-state index < -0.39 is 24.5 Å². The first kappa shape index (κ1) is 27.4. The second-order valence-electron chi connectivity index (χ2n) is 9.02. The summed E-state index contributed by atoms with van der Waals surface area (Å²) >= 11 is 7.27. The fourth-order valence-corrected chi connectivity index (χ4v) is 5.63. The number of amides is 1. The van der Waals surface area contributed by atoms with Gasteiger partial charge in [0, 0.05) is 16.0 Å². The normalized spacial score (nSPS) is 14.6. The van der Waals surface area contributed by atoms with Gasteiger partial charge in [0.1, 0.15) is 17.4 Å². The molecule has 0 radical (unpaired) electrons. The summed E-state index contributed by atoms with van der Waals surface area (Å²) < 4.78 is 15.8. The van der Waals surface area contributed by atoms with Crippen LogP contribution in [-0.4, -0.2) is 31.6 Å².